The number of rotatable bonds is 5. The van der Waals surface area contributed by atoms with Crippen molar-refractivity contribution in [3.05, 3.63) is 39.8 Å². The first kappa shape index (κ1) is 17.0. The van der Waals surface area contributed by atoms with Crippen molar-refractivity contribution in [3.8, 4) is 0 Å². The van der Waals surface area contributed by atoms with Gasteiger partial charge < -0.3 is 5.32 Å². The Hall–Kier alpha value is -1.44. The van der Waals surface area contributed by atoms with Crippen molar-refractivity contribution in [2.24, 2.45) is 0 Å². The van der Waals surface area contributed by atoms with Crippen LogP contribution in [-0.2, 0) is 23.4 Å². The summed E-state index contributed by atoms with van der Waals surface area (Å²) in [5, 5.41) is 4.79. The molecule has 0 radical (unpaired) electrons. The third-order valence-electron chi connectivity index (χ3n) is 4.14. The summed E-state index contributed by atoms with van der Waals surface area (Å²) in [7, 11) is 0. The second-order valence-corrected chi connectivity index (χ2v) is 9.25. The van der Waals surface area contributed by atoms with Crippen LogP contribution in [0.4, 0.5) is 5.13 Å². The molecule has 0 bridgehead atoms. The minimum atomic E-state index is 0.0232. The number of para-hydroxylation sites is 1. The van der Waals surface area contributed by atoms with Crippen LogP contribution in [0, 0.1) is 0 Å². The summed E-state index contributed by atoms with van der Waals surface area (Å²) in [6.45, 7) is 0. The number of nitrogens with zero attached hydrogens (tertiary/aromatic N) is 2. The van der Waals surface area contributed by atoms with Gasteiger partial charge in [-0.15, -0.1) is 34.4 Å². The van der Waals surface area contributed by atoms with Gasteiger partial charge in [0.2, 0.25) is 5.91 Å². The zero-order chi connectivity index (χ0) is 17.1. The molecule has 1 amide bonds. The van der Waals surface area contributed by atoms with E-state index in [2.05, 4.69) is 21.4 Å². The largest absolute Gasteiger partial charge is 0.301 e. The van der Waals surface area contributed by atoms with E-state index < -0.39 is 0 Å². The molecule has 0 unspecified atom stereocenters. The molecule has 1 aliphatic carbocycles. The third-order valence-corrected chi connectivity index (χ3v) is 7.37. The maximum absolute atomic E-state index is 12.2. The highest BCUT2D eigenvalue weighted by atomic mass is 32.2. The molecule has 1 N–H and O–H groups in total. The van der Waals surface area contributed by atoms with Gasteiger partial charge in [0.25, 0.3) is 0 Å². The molecule has 0 spiro atoms. The van der Waals surface area contributed by atoms with Crippen LogP contribution in [0.2, 0.25) is 0 Å². The predicted octanol–water partition coefficient (Wildman–Crippen LogP) is 4.89. The maximum Gasteiger partial charge on any atom is 0.236 e. The molecular formula is C18H19N3OS3. The first-order valence-electron chi connectivity index (χ1n) is 8.48. The van der Waals surface area contributed by atoms with Crippen molar-refractivity contribution >= 4 is 55.7 Å². The van der Waals surface area contributed by atoms with Crippen LogP contribution in [0.3, 0.4) is 0 Å². The molecule has 0 aliphatic heterocycles. The Morgan fingerprint density at radius 1 is 1.12 bits per heavy atom. The quantitative estimate of drug-likeness (QED) is 0.631. The maximum atomic E-state index is 12.2. The molecular weight excluding hydrogens is 370 g/mol. The molecule has 0 atom stereocenters. The fraction of sp³-hybridized carbons (Fsp3) is 0.389. The number of hydrogen-bond acceptors (Lipinski definition) is 6. The first-order chi connectivity index (χ1) is 12.3. The van der Waals surface area contributed by atoms with Gasteiger partial charge in [-0.1, -0.05) is 18.6 Å². The van der Waals surface area contributed by atoms with E-state index in [4.69, 9.17) is 0 Å². The second-order valence-electron chi connectivity index (χ2n) is 6.07. The average Bonchev–Trinajstić information content (AvgIpc) is 3.12. The number of fused-ring (bicyclic) bond motifs is 2. The summed E-state index contributed by atoms with van der Waals surface area (Å²) < 4.78 is 1.20. The number of aromatic nitrogens is 2. The van der Waals surface area contributed by atoms with Gasteiger partial charge in [-0.2, -0.15) is 0 Å². The Balaban J connectivity index is 1.29. The Labute approximate surface area is 159 Å². The Kier molecular flexibility index (Phi) is 5.33. The van der Waals surface area contributed by atoms with Gasteiger partial charge in [-0.05, 0) is 37.8 Å². The number of amides is 1. The fourth-order valence-electron chi connectivity index (χ4n) is 2.95. The van der Waals surface area contributed by atoms with Crippen LogP contribution in [0.25, 0.3) is 10.2 Å². The summed E-state index contributed by atoms with van der Waals surface area (Å²) >= 11 is 4.95. The SMILES string of the molecule is O=C(CSCc1nc2ccccc2s1)Nc1nc2c(s1)CCCCC2. The Bertz CT molecular complexity index is 830. The van der Waals surface area contributed by atoms with E-state index >= 15 is 0 Å². The number of aryl methyl sites for hydroxylation is 2. The predicted molar refractivity (Wildman–Crippen MR) is 108 cm³/mol. The molecule has 3 aromatic rings. The standard InChI is InChI=1S/C18H19N3OS3/c22-16(21-18-20-13-6-2-1-3-8-15(13)25-18)10-23-11-17-19-12-7-4-5-9-14(12)24-17/h4-5,7,9H,1-3,6,8,10-11H2,(H,20,21,22). The minimum Gasteiger partial charge on any atom is -0.301 e. The zero-order valence-corrected chi connectivity index (χ0v) is 16.2. The van der Waals surface area contributed by atoms with Crippen LogP contribution >= 0.6 is 34.4 Å². The van der Waals surface area contributed by atoms with E-state index in [1.54, 1.807) is 34.4 Å². The van der Waals surface area contributed by atoms with E-state index in [1.807, 2.05) is 18.2 Å². The fourth-order valence-corrected chi connectivity index (χ4v) is 5.86. The van der Waals surface area contributed by atoms with Crippen LogP contribution < -0.4 is 5.32 Å². The lowest BCUT2D eigenvalue weighted by atomic mass is 10.2. The average molecular weight is 390 g/mol. The summed E-state index contributed by atoms with van der Waals surface area (Å²) in [5.41, 5.74) is 2.23. The summed E-state index contributed by atoms with van der Waals surface area (Å²) in [4.78, 5) is 22.7. The van der Waals surface area contributed by atoms with Crippen molar-refractivity contribution in [2.75, 3.05) is 11.1 Å². The topological polar surface area (TPSA) is 54.9 Å². The second kappa shape index (κ2) is 7.85. The summed E-state index contributed by atoms with van der Waals surface area (Å²) in [6.07, 6.45) is 5.89. The molecule has 0 saturated carbocycles. The number of benzene rings is 1. The van der Waals surface area contributed by atoms with Gasteiger partial charge in [-0.25, -0.2) is 9.97 Å². The highest BCUT2D eigenvalue weighted by molar-refractivity contribution is 7.99. The highest BCUT2D eigenvalue weighted by Crippen LogP contribution is 2.29. The van der Waals surface area contributed by atoms with Gasteiger partial charge in [-0.3, -0.25) is 4.79 Å². The molecule has 1 aliphatic rings. The van der Waals surface area contributed by atoms with Crippen molar-refractivity contribution in [3.63, 3.8) is 0 Å². The lowest BCUT2D eigenvalue weighted by molar-refractivity contribution is -0.113. The van der Waals surface area contributed by atoms with Gasteiger partial charge in [0.05, 0.1) is 21.7 Å². The summed E-state index contributed by atoms with van der Waals surface area (Å²) in [5.74, 6) is 1.22. The van der Waals surface area contributed by atoms with Gasteiger partial charge >= 0.3 is 0 Å². The molecule has 4 rings (SSSR count). The van der Waals surface area contributed by atoms with E-state index in [0.29, 0.717) is 5.75 Å². The Morgan fingerprint density at radius 3 is 2.92 bits per heavy atom. The smallest absolute Gasteiger partial charge is 0.236 e. The van der Waals surface area contributed by atoms with Gasteiger partial charge in [0.1, 0.15) is 5.01 Å². The van der Waals surface area contributed by atoms with Crippen molar-refractivity contribution in [1.29, 1.82) is 0 Å². The van der Waals surface area contributed by atoms with E-state index in [1.165, 1.54) is 34.5 Å². The van der Waals surface area contributed by atoms with Gasteiger partial charge in [0, 0.05) is 10.6 Å². The number of carbonyl (C=O) groups is 1. The number of thioether (sulfide) groups is 1. The Morgan fingerprint density at radius 2 is 2.00 bits per heavy atom. The highest BCUT2D eigenvalue weighted by Gasteiger charge is 2.15. The molecule has 0 saturated heterocycles. The van der Waals surface area contributed by atoms with Crippen molar-refractivity contribution in [1.82, 2.24) is 9.97 Å². The first-order valence-corrected chi connectivity index (χ1v) is 11.3. The third kappa shape index (κ3) is 4.22. The summed E-state index contributed by atoms with van der Waals surface area (Å²) in [6, 6.07) is 8.14. The molecule has 1 aromatic carbocycles. The van der Waals surface area contributed by atoms with Crippen molar-refractivity contribution in [2.45, 2.75) is 37.9 Å². The molecule has 2 aromatic heterocycles. The molecule has 0 fully saturated rings. The molecule has 25 heavy (non-hydrogen) atoms. The molecule has 4 nitrogen and oxygen atoms in total. The lowest BCUT2D eigenvalue weighted by Crippen LogP contribution is -2.14. The van der Waals surface area contributed by atoms with E-state index in [9.17, 15) is 4.79 Å². The number of carbonyl (C=O) groups excluding carboxylic acids is 1. The number of anilines is 1. The van der Waals surface area contributed by atoms with E-state index in [-0.39, 0.29) is 5.91 Å². The zero-order valence-electron chi connectivity index (χ0n) is 13.8. The monoisotopic (exact) mass is 389 g/mol. The lowest BCUT2D eigenvalue weighted by Gasteiger charge is -2.01. The van der Waals surface area contributed by atoms with Gasteiger partial charge in [0.15, 0.2) is 5.13 Å². The van der Waals surface area contributed by atoms with E-state index in [0.717, 1.165) is 34.3 Å². The number of nitrogens with one attached hydrogen (secondary N) is 1. The van der Waals surface area contributed by atoms with Crippen molar-refractivity contribution < 1.29 is 4.79 Å². The number of hydrogen-bond donors (Lipinski definition) is 1. The molecule has 7 heteroatoms. The molecule has 130 valence electrons. The van der Waals surface area contributed by atoms with Crippen LogP contribution in [0.1, 0.15) is 34.8 Å². The van der Waals surface area contributed by atoms with Crippen LogP contribution in [-0.4, -0.2) is 21.6 Å². The van der Waals surface area contributed by atoms with Crippen LogP contribution in [0.15, 0.2) is 24.3 Å². The molecule has 2 heterocycles. The van der Waals surface area contributed by atoms with Crippen LogP contribution in [0.5, 0.6) is 0 Å². The number of thiazole rings is 2. The normalized spacial score (nSPS) is 14.2. The minimum absolute atomic E-state index is 0.0232.